The number of benzene rings is 2. The highest BCUT2D eigenvalue weighted by Crippen LogP contribution is 2.33. The quantitative estimate of drug-likeness (QED) is 0.606. The number of aromatic amines is 1. The van der Waals surface area contributed by atoms with Crippen LogP contribution in [0.1, 0.15) is 22.7 Å². The molecule has 3 aromatic rings. The summed E-state index contributed by atoms with van der Waals surface area (Å²) in [4.78, 5) is 6.10. The summed E-state index contributed by atoms with van der Waals surface area (Å²) in [5.74, 6) is 0.327. The van der Waals surface area contributed by atoms with Crippen LogP contribution < -0.4 is 0 Å². The van der Waals surface area contributed by atoms with E-state index in [2.05, 4.69) is 71.1 Å². The van der Waals surface area contributed by atoms with E-state index in [0.717, 1.165) is 35.9 Å². The standard InChI is InChI=1S/C22H21ClN2/c1-2-17-14-25(13-16-6-4-3-5-7-16)15-19-12-21(24-22(17)19)18-8-10-20(23)11-9-18/h2-12,17,24H,1,13-15H2. The van der Waals surface area contributed by atoms with Crippen LogP contribution in [-0.2, 0) is 13.1 Å². The minimum atomic E-state index is 0.327. The number of hydrogen-bond acceptors (Lipinski definition) is 1. The Morgan fingerprint density at radius 2 is 1.88 bits per heavy atom. The van der Waals surface area contributed by atoms with Crippen molar-refractivity contribution in [3.8, 4) is 11.3 Å². The second kappa shape index (κ2) is 6.91. The van der Waals surface area contributed by atoms with Crippen LogP contribution in [0, 0.1) is 0 Å². The molecule has 0 aliphatic carbocycles. The van der Waals surface area contributed by atoms with E-state index in [0.29, 0.717) is 5.92 Å². The van der Waals surface area contributed by atoms with E-state index in [1.807, 2.05) is 12.1 Å². The van der Waals surface area contributed by atoms with Gasteiger partial charge in [-0.1, -0.05) is 60.1 Å². The fraction of sp³-hybridized carbons (Fsp3) is 0.182. The minimum absolute atomic E-state index is 0.327. The Hall–Kier alpha value is -2.29. The summed E-state index contributed by atoms with van der Waals surface area (Å²) < 4.78 is 0. The first-order valence-electron chi connectivity index (χ1n) is 8.59. The highest BCUT2D eigenvalue weighted by molar-refractivity contribution is 6.30. The SMILES string of the molecule is C=CC1CN(Cc2ccccc2)Cc2cc(-c3ccc(Cl)cc3)[nH]c21. The van der Waals surface area contributed by atoms with Crippen LogP contribution in [0.4, 0.5) is 0 Å². The van der Waals surface area contributed by atoms with Crippen molar-refractivity contribution in [1.82, 2.24) is 9.88 Å². The Bertz CT molecular complexity index is 865. The van der Waals surface area contributed by atoms with Crippen LogP contribution in [0.2, 0.25) is 5.02 Å². The van der Waals surface area contributed by atoms with Gasteiger partial charge in [0.15, 0.2) is 0 Å². The van der Waals surface area contributed by atoms with Gasteiger partial charge in [0.05, 0.1) is 0 Å². The minimum Gasteiger partial charge on any atom is -0.358 e. The number of nitrogens with one attached hydrogen (secondary N) is 1. The van der Waals surface area contributed by atoms with Crippen LogP contribution in [0.25, 0.3) is 11.3 Å². The average Bonchev–Trinajstić information content (AvgIpc) is 3.06. The zero-order valence-electron chi connectivity index (χ0n) is 14.1. The molecule has 1 N–H and O–H groups in total. The Kier molecular flexibility index (Phi) is 4.48. The lowest BCUT2D eigenvalue weighted by Crippen LogP contribution is -2.32. The van der Waals surface area contributed by atoms with E-state index >= 15 is 0 Å². The zero-order valence-corrected chi connectivity index (χ0v) is 14.8. The van der Waals surface area contributed by atoms with Gasteiger partial charge in [0, 0.05) is 42.0 Å². The fourth-order valence-electron chi connectivity index (χ4n) is 3.59. The number of aromatic nitrogens is 1. The predicted octanol–water partition coefficient (Wildman–Crippen LogP) is 5.62. The van der Waals surface area contributed by atoms with Gasteiger partial charge in [-0.15, -0.1) is 6.58 Å². The summed E-state index contributed by atoms with van der Waals surface area (Å²) in [5.41, 5.74) is 6.31. The van der Waals surface area contributed by atoms with E-state index in [9.17, 15) is 0 Å². The molecule has 0 radical (unpaired) electrons. The molecule has 0 saturated carbocycles. The molecule has 25 heavy (non-hydrogen) atoms. The summed E-state index contributed by atoms with van der Waals surface area (Å²) in [6.45, 7) is 6.97. The van der Waals surface area contributed by atoms with Crippen LogP contribution in [0.3, 0.4) is 0 Å². The van der Waals surface area contributed by atoms with Crippen molar-refractivity contribution in [2.75, 3.05) is 6.54 Å². The number of halogens is 1. The Morgan fingerprint density at radius 1 is 1.12 bits per heavy atom. The molecule has 3 heteroatoms. The molecule has 0 bridgehead atoms. The maximum Gasteiger partial charge on any atom is 0.0459 e. The molecule has 126 valence electrons. The fourth-order valence-corrected chi connectivity index (χ4v) is 3.72. The molecule has 0 saturated heterocycles. The van der Waals surface area contributed by atoms with E-state index in [1.165, 1.54) is 16.8 Å². The monoisotopic (exact) mass is 348 g/mol. The molecule has 1 aliphatic rings. The summed E-state index contributed by atoms with van der Waals surface area (Å²) >= 11 is 6.01. The van der Waals surface area contributed by atoms with Crippen molar-refractivity contribution < 1.29 is 0 Å². The highest BCUT2D eigenvalue weighted by Gasteiger charge is 2.25. The van der Waals surface area contributed by atoms with E-state index < -0.39 is 0 Å². The molecule has 2 heterocycles. The topological polar surface area (TPSA) is 19.0 Å². The maximum atomic E-state index is 6.01. The number of fused-ring (bicyclic) bond motifs is 1. The Labute approximate surface area is 153 Å². The number of hydrogen-bond donors (Lipinski definition) is 1. The molecule has 1 aromatic heterocycles. The number of nitrogens with zero attached hydrogens (tertiary/aromatic N) is 1. The third-order valence-corrected chi connectivity index (χ3v) is 5.09. The van der Waals surface area contributed by atoms with Crippen molar-refractivity contribution in [3.63, 3.8) is 0 Å². The molecule has 4 rings (SSSR count). The van der Waals surface area contributed by atoms with Gasteiger partial charge in [-0.25, -0.2) is 0 Å². The molecular weight excluding hydrogens is 328 g/mol. The summed E-state index contributed by atoms with van der Waals surface area (Å²) in [5, 5.41) is 0.762. The van der Waals surface area contributed by atoms with E-state index in [1.54, 1.807) is 0 Å². The first kappa shape index (κ1) is 16.2. The van der Waals surface area contributed by atoms with Gasteiger partial charge in [-0.05, 0) is 34.9 Å². The number of rotatable bonds is 4. The second-order valence-electron chi connectivity index (χ2n) is 6.63. The van der Waals surface area contributed by atoms with Crippen molar-refractivity contribution in [3.05, 3.63) is 95.2 Å². The molecule has 2 nitrogen and oxygen atoms in total. The van der Waals surface area contributed by atoms with E-state index in [4.69, 9.17) is 11.6 Å². The lowest BCUT2D eigenvalue weighted by atomic mass is 9.96. The predicted molar refractivity (Wildman–Crippen MR) is 105 cm³/mol. The van der Waals surface area contributed by atoms with Gasteiger partial charge in [-0.3, -0.25) is 4.90 Å². The van der Waals surface area contributed by atoms with Crippen LogP contribution >= 0.6 is 11.6 Å². The molecular formula is C22H21ClN2. The van der Waals surface area contributed by atoms with Crippen molar-refractivity contribution >= 4 is 11.6 Å². The molecule has 1 aliphatic heterocycles. The Morgan fingerprint density at radius 3 is 2.60 bits per heavy atom. The van der Waals surface area contributed by atoms with Crippen molar-refractivity contribution in [2.45, 2.75) is 19.0 Å². The van der Waals surface area contributed by atoms with Crippen LogP contribution in [0.15, 0.2) is 73.3 Å². The van der Waals surface area contributed by atoms with E-state index in [-0.39, 0.29) is 0 Å². The van der Waals surface area contributed by atoms with Gasteiger partial charge < -0.3 is 4.98 Å². The Balaban J connectivity index is 1.61. The smallest absolute Gasteiger partial charge is 0.0459 e. The molecule has 1 unspecified atom stereocenters. The first-order valence-corrected chi connectivity index (χ1v) is 8.97. The van der Waals surface area contributed by atoms with Gasteiger partial charge in [0.1, 0.15) is 0 Å². The lowest BCUT2D eigenvalue weighted by molar-refractivity contribution is 0.233. The third-order valence-electron chi connectivity index (χ3n) is 4.84. The first-order chi connectivity index (χ1) is 12.2. The van der Waals surface area contributed by atoms with Crippen molar-refractivity contribution in [2.24, 2.45) is 0 Å². The van der Waals surface area contributed by atoms with Gasteiger partial charge in [0.25, 0.3) is 0 Å². The average molecular weight is 349 g/mol. The van der Waals surface area contributed by atoms with Crippen LogP contribution in [-0.4, -0.2) is 16.4 Å². The highest BCUT2D eigenvalue weighted by atomic mass is 35.5. The molecule has 0 amide bonds. The molecule has 0 spiro atoms. The van der Waals surface area contributed by atoms with Gasteiger partial charge in [0.2, 0.25) is 0 Å². The summed E-state index contributed by atoms with van der Waals surface area (Å²) in [7, 11) is 0. The lowest BCUT2D eigenvalue weighted by Gasteiger charge is -2.31. The zero-order chi connectivity index (χ0) is 17.2. The maximum absolute atomic E-state index is 6.01. The largest absolute Gasteiger partial charge is 0.358 e. The summed E-state index contributed by atoms with van der Waals surface area (Å²) in [6, 6.07) is 20.9. The second-order valence-corrected chi connectivity index (χ2v) is 7.06. The summed E-state index contributed by atoms with van der Waals surface area (Å²) in [6.07, 6.45) is 2.05. The third kappa shape index (κ3) is 3.41. The number of H-pyrrole nitrogens is 1. The molecule has 2 aromatic carbocycles. The van der Waals surface area contributed by atoms with Crippen LogP contribution in [0.5, 0.6) is 0 Å². The normalized spacial score (nSPS) is 17.2. The molecule has 1 atom stereocenters. The van der Waals surface area contributed by atoms with Gasteiger partial charge in [-0.2, -0.15) is 0 Å². The van der Waals surface area contributed by atoms with Crippen molar-refractivity contribution in [1.29, 1.82) is 0 Å². The van der Waals surface area contributed by atoms with Gasteiger partial charge >= 0.3 is 0 Å². The molecule has 0 fully saturated rings.